The van der Waals surface area contributed by atoms with Gasteiger partial charge < -0.3 is 10.2 Å². The van der Waals surface area contributed by atoms with E-state index in [-0.39, 0.29) is 37.0 Å². The van der Waals surface area contributed by atoms with E-state index < -0.39 is 24.2 Å². The predicted octanol–water partition coefficient (Wildman–Crippen LogP) is 4.07. The summed E-state index contributed by atoms with van der Waals surface area (Å²) >= 11 is 0. The zero-order chi connectivity index (χ0) is 25.1. The van der Waals surface area contributed by atoms with Crippen LogP contribution in [0.3, 0.4) is 0 Å². The fourth-order valence-corrected chi connectivity index (χ4v) is 4.56. The van der Waals surface area contributed by atoms with E-state index >= 15 is 0 Å². The van der Waals surface area contributed by atoms with Gasteiger partial charge in [-0.1, -0.05) is 56.3 Å². The molecule has 1 aliphatic rings. The molecule has 2 amide bonds. The number of aromatic nitrogens is 2. The molecular weight excluding hydrogens is 450 g/mol. The molecule has 2 heterocycles. The first-order valence-electron chi connectivity index (χ1n) is 11.8. The van der Waals surface area contributed by atoms with Crippen LogP contribution in [0.4, 0.5) is 8.78 Å². The van der Waals surface area contributed by atoms with Crippen LogP contribution in [-0.2, 0) is 23.1 Å². The van der Waals surface area contributed by atoms with Crippen LogP contribution in [0.2, 0.25) is 0 Å². The van der Waals surface area contributed by atoms with Crippen molar-refractivity contribution in [2.24, 2.45) is 7.05 Å². The normalized spacial score (nSPS) is 18.6. The van der Waals surface area contributed by atoms with Gasteiger partial charge in [0.25, 0.3) is 0 Å². The van der Waals surface area contributed by atoms with Crippen LogP contribution in [0.15, 0.2) is 60.8 Å². The van der Waals surface area contributed by atoms with E-state index in [0.29, 0.717) is 16.8 Å². The minimum absolute atomic E-state index is 0.0126. The molecule has 1 fully saturated rings. The summed E-state index contributed by atoms with van der Waals surface area (Å²) in [4.78, 5) is 27.6. The minimum Gasteiger partial charge on any atom is -0.343 e. The third-order valence-corrected chi connectivity index (χ3v) is 6.37. The van der Waals surface area contributed by atoms with Crippen molar-refractivity contribution in [2.45, 2.75) is 50.9 Å². The maximum Gasteiger partial charge on any atom is 0.243 e. The number of nitrogens with one attached hydrogen (secondary N) is 1. The predicted molar refractivity (Wildman–Crippen MR) is 129 cm³/mol. The second kappa shape index (κ2) is 10.4. The fraction of sp³-hybridized carbons (Fsp3) is 0.370. The van der Waals surface area contributed by atoms with Crippen molar-refractivity contribution < 1.29 is 18.4 Å². The van der Waals surface area contributed by atoms with Gasteiger partial charge in [0.15, 0.2) is 0 Å². The number of nitrogens with zero attached hydrogens (tertiary/aromatic N) is 3. The Bertz CT molecular complexity index is 1190. The number of benzene rings is 2. The number of carbonyl (C=O) groups excluding carboxylic acids is 2. The van der Waals surface area contributed by atoms with Gasteiger partial charge in [-0.25, -0.2) is 8.78 Å². The topological polar surface area (TPSA) is 67.2 Å². The van der Waals surface area contributed by atoms with Crippen LogP contribution in [0.25, 0.3) is 0 Å². The van der Waals surface area contributed by atoms with E-state index in [1.165, 1.54) is 11.0 Å². The first-order chi connectivity index (χ1) is 16.7. The van der Waals surface area contributed by atoms with Gasteiger partial charge in [-0.05, 0) is 34.7 Å². The molecule has 6 nitrogen and oxygen atoms in total. The third kappa shape index (κ3) is 5.58. The monoisotopic (exact) mass is 480 g/mol. The van der Waals surface area contributed by atoms with Gasteiger partial charge in [0, 0.05) is 19.7 Å². The Balaban J connectivity index is 1.58. The number of hydrogen-bond donors (Lipinski definition) is 1. The van der Waals surface area contributed by atoms with Crippen molar-refractivity contribution in [3.05, 3.63) is 89.0 Å². The molecule has 1 saturated heterocycles. The molecule has 0 bridgehead atoms. The molecule has 2 aromatic carbocycles. The molecule has 35 heavy (non-hydrogen) atoms. The Morgan fingerprint density at radius 2 is 1.86 bits per heavy atom. The number of aryl methyl sites for hydroxylation is 1. The van der Waals surface area contributed by atoms with Gasteiger partial charge in [0.2, 0.25) is 11.8 Å². The molecule has 0 spiro atoms. The maximum atomic E-state index is 14.8. The summed E-state index contributed by atoms with van der Waals surface area (Å²) in [6.07, 6.45) is 0.336. The lowest BCUT2D eigenvalue weighted by atomic mass is 9.94. The van der Waals surface area contributed by atoms with E-state index in [9.17, 15) is 18.4 Å². The van der Waals surface area contributed by atoms with Crippen molar-refractivity contribution in [3.63, 3.8) is 0 Å². The number of likely N-dealkylation sites (tertiary alicyclic amines) is 1. The van der Waals surface area contributed by atoms with E-state index in [2.05, 4.69) is 10.4 Å². The molecule has 1 aliphatic heterocycles. The molecule has 3 atom stereocenters. The fourth-order valence-electron chi connectivity index (χ4n) is 4.56. The van der Waals surface area contributed by atoms with Gasteiger partial charge in [0.1, 0.15) is 18.0 Å². The standard InChI is InChI=1S/C27H30F2N4O2/c1-17(2)22-10-9-19(13-23(22)29)26(18-7-5-4-6-8-18)30-27(35)24-14-20(28)16-33(24)25(34)15-21-11-12-32(3)31-21/h4-13,17,20,24,26H,14-16H2,1-3H3,(H,30,35)/t20-,24+,26+/m1/s1. The number of rotatable bonds is 7. The van der Waals surface area contributed by atoms with Crippen molar-refractivity contribution >= 4 is 11.8 Å². The Hall–Kier alpha value is -3.55. The Morgan fingerprint density at radius 1 is 1.11 bits per heavy atom. The lowest BCUT2D eigenvalue weighted by Gasteiger charge is -2.27. The maximum absolute atomic E-state index is 14.8. The minimum atomic E-state index is -1.30. The van der Waals surface area contributed by atoms with Crippen LogP contribution in [0.5, 0.6) is 0 Å². The van der Waals surface area contributed by atoms with Gasteiger partial charge >= 0.3 is 0 Å². The molecule has 0 unspecified atom stereocenters. The largest absolute Gasteiger partial charge is 0.343 e. The van der Waals surface area contributed by atoms with Crippen molar-refractivity contribution in [1.29, 1.82) is 0 Å². The Labute approximate surface area is 203 Å². The summed E-state index contributed by atoms with van der Waals surface area (Å²) in [6, 6.07) is 14.3. The summed E-state index contributed by atoms with van der Waals surface area (Å²) in [5.41, 5.74) is 2.49. The molecule has 0 radical (unpaired) electrons. The molecule has 0 saturated carbocycles. The molecule has 184 valence electrons. The average molecular weight is 481 g/mol. The number of alkyl halides is 1. The number of hydrogen-bond acceptors (Lipinski definition) is 3. The summed E-state index contributed by atoms with van der Waals surface area (Å²) in [5, 5.41) is 7.16. The van der Waals surface area contributed by atoms with Gasteiger partial charge in [0.05, 0.1) is 24.7 Å². The van der Waals surface area contributed by atoms with Crippen LogP contribution < -0.4 is 5.32 Å². The average Bonchev–Trinajstić information content (AvgIpc) is 3.42. The Morgan fingerprint density at radius 3 is 2.49 bits per heavy atom. The summed E-state index contributed by atoms with van der Waals surface area (Å²) in [7, 11) is 1.75. The molecule has 8 heteroatoms. The van der Waals surface area contributed by atoms with Crippen LogP contribution >= 0.6 is 0 Å². The van der Waals surface area contributed by atoms with Crippen LogP contribution in [0.1, 0.15) is 54.6 Å². The zero-order valence-electron chi connectivity index (χ0n) is 20.1. The zero-order valence-corrected chi connectivity index (χ0v) is 20.1. The highest BCUT2D eigenvalue weighted by Gasteiger charge is 2.40. The summed E-state index contributed by atoms with van der Waals surface area (Å²) < 4.78 is 30.8. The molecular formula is C27H30F2N4O2. The molecule has 1 N–H and O–H groups in total. The molecule has 1 aromatic heterocycles. The van der Waals surface area contributed by atoms with E-state index in [0.717, 1.165) is 5.56 Å². The van der Waals surface area contributed by atoms with Crippen LogP contribution in [0, 0.1) is 5.82 Å². The highest BCUT2D eigenvalue weighted by Crippen LogP contribution is 2.28. The van der Waals surface area contributed by atoms with E-state index in [1.807, 2.05) is 44.2 Å². The lowest BCUT2D eigenvalue weighted by Crippen LogP contribution is -2.47. The lowest BCUT2D eigenvalue weighted by molar-refractivity contribution is -0.138. The van der Waals surface area contributed by atoms with Crippen molar-refractivity contribution in [2.75, 3.05) is 6.54 Å². The highest BCUT2D eigenvalue weighted by molar-refractivity contribution is 5.89. The molecule has 4 rings (SSSR count). The second-order valence-corrected chi connectivity index (χ2v) is 9.34. The number of amides is 2. The summed E-state index contributed by atoms with van der Waals surface area (Å²) in [6.45, 7) is 3.69. The smallest absolute Gasteiger partial charge is 0.243 e. The van der Waals surface area contributed by atoms with E-state index in [4.69, 9.17) is 0 Å². The third-order valence-electron chi connectivity index (χ3n) is 6.37. The van der Waals surface area contributed by atoms with Gasteiger partial charge in [-0.2, -0.15) is 5.10 Å². The van der Waals surface area contributed by atoms with Crippen molar-refractivity contribution in [3.8, 4) is 0 Å². The van der Waals surface area contributed by atoms with Crippen LogP contribution in [-0.4, -0.2) is 45.3 Å². The number of carbonyl (C=O) groups is 2. The van der Waals surface area contributed by atoms with Gasteiger partial charge in [-0.15, -0.1) is 0 Å². The molecule has 0 aliphatic carbocycles. The van der Waals surface area contributed by atoms with E-state index in [1.54, 1.807) is 36.1 Å². The highest BCUT2D eigenvalue weighted by atomic mass is 19.1. The van der Waals surface area contributed by atoms with Crippen molar-refractivity contribution in [1.82, 2.24) is 20.0 Å². The second-order valence-electron chi connectivity index (χ2n) is 9.34. The summed E-state index contributed by atoms with van der Waals surface area (Å²) in [5.74, 6) is -1.15. The number of halogens is 2. The first-order valence-corrected chi connectivity index (χ1v) is 11.8. The molecule has 3 aromatic rings. The SMILES string of the molecule is CC(C)c1ccc([C@@H](NC(=O)[C@@H]2C[C@@H](F)CN2C(=O)Cc2ccn(C)n2)c2ccccc2)cc1F. The first kappa shape index (κ1) is 24.6. The quantitative estimate of drug-likeness (QED) is 0.554. The Kier molecular flexibility index (Phi) is 7.28. The van der Waals surface area contributed by atoms with Gasteiger partial charge in [-0.3, -0.25) is 14.3 Å².